The van der Waals surface area contributed by atoms with Crippen LogP contribution in [0.2, 0.25) is 0 Å². The van der Waals surface area contributed by atoms with E-state index in [1.54, 1.807) is 18.2 Å². The van der Waals surface area contributed by atoms with E-state index in [2.05, 4.69) is 20.6 Å². The summed E-state index contributed by atoms with van der Waals surface area (Å²) in [5.41, 5.74) is 13.2. The molecule has 1 heterocycles. The summed E-state index contributed by atoms with van der Waals surface area (Å²) in [5, 5.41) is 12.0. The minimum atomic E-state index is -1.18. The molecule has 2 unspecified atom stereocenters. The van der Waals surface area contributed by atoms with Gasteiger partial charge < -0.3 is 29.4 Å². The van der Waals surface area contributed by atoms with Crippen LogP contribution in [0.1, 0.15) is 60.2 Å². The topological polar surface area (TPSA) is 152 Å². The summed E-state index contributed by atoms with van der Waals surface area (Å²) >= 11 is 0. The van der Waals surface area contributed by atoms with Gasteiger partial charge in [0.25, 0.3) is 6.01 Å². The van der Waals surface area contributed by atoms with Gasteiger partial charge in [0.05, 0.1) is 29.7 Å². The fraction of sp³-hybridized carbons (Fsp3) is 0.250. The highest BCUT2D eigenvalue weighted by atomic mass is 16.8. The van der Waals surface area contributed by atoms with Crippen molar-refractivity contribution in [2.24, 2.45) is 10.3 Å². The van der Waals surface area contributed by atoms with Gasteiger partial charge in [-0.1, -0.05) is 97.1 Å². The number of esters is 1. The zero-order valence-corrected chi connectivity index (χ0v) is 29.0. The molecule has 0 amide bonds. The number of hydrogen-bond acceptors (Lipinski definition) is 9. The van der Waals surface area contributed by atoms with Gasteiger partial charge in [-0.25, -0.2) is 15.1 Å². The van der Waals surface area contributed by atoms with Gasteiger partial charge >= 0.3 is 12.1 Å². The van der Waals surface area contributed by atoms with Gasteiger partial charge in [-0.2, -0.15) is 10.2 Å². The summed E-state index contributed by atoms with van der Waals surface area (Å²) < 4.78 is 23.9. The van der Waals surface area contributed by atoms with Gasteiger partial charge in [0.15, 0.2) is 0 Å². The Labute approximate surface area is 301 Å². The van der Waals surface area contributed by atoms with E-state index < -0.39 is 18.4 Å². The molecule has 2 atom stereocenters. The van der Waals surface area contributed by atoms with E-state index in [4.69, 9.17) is 24.5 Å². The van der Waals surface area contributed by atoms with Crippen molar-refractivity contribution in [3.05, 3.63) is 137 Å². The zero-order valence-electron chi connectivity index (χ0n) is 29.0. The molecule has 0 saturated carbocycles. The Morgan fingerprint density at radius 2 is 1.69 bits per heavy atom. The number of imidazole rings is 1. The van der Waals surface area contributed by atoms with E-state index in [0.29, 0.717) is 55.4 Å². The van der Waals surface area contributed by atoms with Crippen LogP contribution in [0.15, 0.2) is 120 Å². The van der Waals surface area contributed by atoms with Crippen LogP contribution >= 0.6 is 0 Å². The SMILES string of the molecule is CCOc1nc2cccc(C(=O)OC(C)OC(=O)OC3CC=CCC3)c2n1Cc1ccc(-c2ccccc2/C(=N/N=N)[N-]Cc2ccccc2)cc1. The molecular formula is C40H39N6O6-. The van der Waals surface area contributed by atoms with Gasteiger partial charge in [-0.3, -0.25) is 4.57 Å². The molecule has 0 aliphatic heterocycles. The fourth-order valence-corrected chi connectivity index (χ4v) is 6.00. The van der Waals surface area contributed by atoms with Crippen molar-refractivity contribution < 1.29 is 28.5 Å². The van der Waals surface area contributed by atoms with Crippen LogP contribution in [0, 0.1) is 5.53 Å². The Balaban J connectivity index is 1.21. The Morgan fingerprint density at radius 1 is 0.923 bits per heavy atom. The molecule has 5 aromatic rings. The zero-order chi connectivity index (χ0) is 36.3. The molecule has 6 rings (SSSR count). The van der Waals surface area contributed by atoms with Crippen molar-refractivity contribution in [2.45, 2.75) is 58.6 Å². The van der Waals surface area contributed by atoms with Crippen molar-refractivity contribution in [1.82, 2.24) is 9.55 Å². The summed E-state index contributed by atoms with van der Waals surface area (Å²) in [6.45, 7) is 4.44. The largest absolute Gasteiger partial charge is 0.511 e. The number of carbonyl (C=O) groups excluding carboxylic acids is 2. The molecule has 12 nitrogen and oxygen atoms in total. The van der Waals surface area contributed by atoms with Crippen LogP contribution in [0.4, 0.5) is 4.79 Å². The van der Waals surface area contributed by atoms with Crippen LogP contribution in [-0.4, -0.2) is 46.5 Å². The van der Waals surface area contributed by atoms with Crippen LogP contribution in [0.5, 0.6) is 6.01 Å². The number of ether oxygens (including phenoxy) is 4. The second kappa shape index (κ2) is 17.1. The van der Waals surface area contributed by atoms with Crippen LogP contribution in [-0.2, 0) is 27.3 Å². The molecular weight excluding hydrogens is 660 g/mol. The molecule has 0 bridgehead atoms. The fourth-order valence-electron chi connectivity index (χ4n) is 6.00. The predicted octanol–water partition coefficient (Wildman–Crippen LogP) is 9.18. The Hall–Kier alpha value is -6.30. The van der Waals surface area contributed by atoms with E-state index >= 15 is 0 Å². The monoisotopic (exact) mass is 699 g/mol. The highest BCUT2D eigenvalue weighted by Gasteiger charge is 2.24. The third kappa shape index (κ3) is 8.70. The Morgan fingerprint density at radius 3 is 2.44 bits per heavy atom. The molecule has 1 aromatic heterocycles. The molecule has 12 heteroatoms. The van der Waals surface area contributed by atoms with E-state index in [-0.39, 0.29) is 11.7 Å². The van der Waals surface area contributed by atoms with E-state index in [0.717, 1.165) is 34.2 Å². The van der Waals surface area contributed by atoms with Gasteiger partial charge in [0.2, 0.25) is 6.29 Å². The molecule has 1 aliphatic carbocycles. The number of allylic oxidation sites excluding steroid dienone is 1. The first kappa shape index (κ1) is 35.5. The average Bonchev–Trinajstić information content (AvgIpc) is 3.51. The van der Waals surface area contributed by atoms with Gasteiger partial charge in [-0.05, 0) is 72.1 Å². The molecule has 4 aromatic carbocycles. The second-order valence-electron chi connectivity index (χ2n) is 12.0. The molecule has 266 valence electrons. The van der Waals surface area contributed by atoms with Crippen LogP contribution in [0.3, 0.4) is 0 Å². The third-order valence-corrected chi connectivity index (χ3v) is 8.42. The number of para-hydroxylation sites is 1. The smallest absolute Gasteiger partial charge is 0.465 e. The lowest BCUT2D eigenvalue weighted by molar-refractivity contribution is -0.0895. The van der Waals surface area contributed by atoms with Crippen molar-refractivity contribution in [3.63, 3.8) is 0 Å². The van der Waals surface area contributed by atoms with Crippen LogP contribution in [0.25, 0.3) is 27.5 Å². The van der Waals surface area contributed by atoms with E-state index in [1.165, 1.54) is 6.92 Å². The number of benzene rings is 4. The molecule has 0 fully saturated rings. The number of fused-ring (bicyclic) bond motifs is 1. The third-order valence-electron chi connectivity index (χ3n) is 8.42. The molecule has 52 heavy (non-hydrogen) atoms. The number of carbonyl (C=O) groups is 2. The van der Waals surface area contributed by atoms with Crippen molar-refractivity contribution >= 4 is 29.0 Å². The van der Waals surface area contributed by atoms with Crippen molar-refractivity contribution in [3.8, 4) is 17.1 Å². The normalized spacial score (nSPS) is 14.7. The lowest BCUT2D eigenvalue weighted by Gasteiger charge is -2.21. The first-order valence-corrected chi connectivity index (χ1v) is 17.1. The van der Waals surface area contributed by atoms with Crippen LogP contribution < -0.4 is 4.74 Å². The second-order valence-corrected chi connectivity index (χ2v) is 12.0. The van der Waals surface area contributed by atoms with Gasteiger partial charge in [-0.15, -0.1) is 0 Å². The highest BCUT2D eigenvalue weighted by molar-refractivity contribution is 6.12. The lowest BCUT2D eigenvalue weighted by Crippen LogP contribution is -2.26. The summed E-state index contributed by atoms with van der Waals surface area (Å²) in [7, 11) is 0. The lowest BCUT2D eigenvalue weighted by atomic mass is 9.97. The summed E-state index contributed by atoms with van der Waals surface area (Å²) in [6, 6.07) is 31.0. The maximum absolute atomic E-state index is 13.5. The maximum Gasteiger partial charge on any atom is 0.511 e. The minimum absolute atomic E-state index is 0.244. The Bertz CT molecular complexity index is 2080. The van der Waals surface area contributed by atoms with Crippen molar-refractivity contribution in [1.29, 1.82) is 5.53 Å². The quantitative estimate of drug-likeness (QED) is 0.0245. The molecule has 1 N–H and O–H groups in total. The first-order chi connectivity index (χ1) is 25.4. The maximum atomic E-state index is 13.5. The molecule has 0 radical (unpaired) electrons. The number of nitrogens with one attached hydrogen (secondary N) is 1. The number of nitrogens with zero attached hydrogens (tertiary/aromatic N) is 5. The number of rotatable bonds is 13. The standard InChI is InChI=1S/C40H39N6O6/c1-3-49-39-43-35-20-12-19-34(38(47)50-27(2)51-40(48)52-31-15-8-5-9-16-31)36(35)46(39)26-29-21-23-30(24-22-29)32-17-10-11-18-33(32)37(44-45-41)42-25-28-13-6-4-7-14-28/h4-8,10-14,17-24,27,31H,3,9,15-16,25-26H2,1-2H3,(H-,41,42,44)/q-1. The van der Waals surface area contributed by atoms with E-state index in [1.807, 2.05) is 103 Å². The molecule has 1 aliphatic rings. The minimum Gasteiger partial charge on any atom is -0.465 e. The van der Waals surface area contributed by atoms with E-state index in [9.17, 15) is 9.59 Å². The number of aromatic nitrogens is 2. The Kier molecular flexibility index (Phi) is 11.7. The number of amidine groups is 1. The van der Waals surface area contributed by atoms with Gasteiger partial charge in [0, 0.05) is 13.3 Å². The summed E-state index contributed by atoms with van der Waals surface area (Å²) in [5.74, 6) is -0.320. The predicted molar refractivity (Wildman–Crippen MR) is 196 cm³/mol. The van der Waals surface area contributed by atoms with Gasteiger partial charge in [0.1, 0.15) is 6.10 Å². The average molecular weight is 700 g/mol. The molecule has 0 spiro atoms. The van der Waals surface area contributed by atoms with Crippen molar-refractivity contribution in [2.75, 3.05) is 6.61 Å². The molecule has 0 saturated heterocycles. The highest BCUT2D eigenvalue weighted by Crippen LogP contribution is 2.30. The first-order valence-electron chi connectivity index (χ1n) is 17.1. The summed E-state index contributed by atoms with van der Waals surface area (Å²) in [4.78, 5) is 30.5. The number of hydrogen-bond donors (Lipinski definition) is 1. The summed E-state index contributed by atoms with van der Waals surface area (Å²) in [6.07, 6.45) is 3.85.